The number of benzene rings is 3. The van der Waals surface area contributed by atoms with E-state index in [0.717, 1.165) is 28.1 Å². The SMILES string of the molecule is CN(C)c1ccc(/C(=C2/C=CC(=[N+](C)C)C(S(=O)(=O)[O-])=C2)c2ccc(N(C)Cc3cccc(S(=O)(=O)[O-])c3)cc2)cc1.[Na+]. The van der Waals surface area contributed by atoms with E-state index in [2.05, 4.69) is 0 Å². The van der Waals surface area contributed by atoms with Gasteiger partial charge in [-0.15, -0.1) is 0 Å². The third-order valence-electron chi connectivity index (χ3n) is 6.88. The van der Waals surface area contributed by atoms with Crippen LogP contribution in [0.3, 0.4) is 0 Å². The number of hydrogen-bond donors (Lipinski definition) is 0. The van der Waals surface area contributed by atoms with Gasteiger partial charge < -0.3 is 18.9 Å². The summed E-state index contributed by atoms with van der Waals surface area (Å²) in [5.74, 6) is 0. The van der Waals surface area contributed by atoms with Crippen LogP contribution in [0.5, 0.6) is 0 Å². The molecule has 0 bridgehead atoms. The Morgan fingerprint density at radius 3 is 1.81 bits per heavy atom. The van der Waals surface area contributed by atoms with E-state index in [1.807, 2.05) is 79.5 Å². The van der Waals surface area contributed by atoms with Gasteiger partial charge in [0.1, 0.15) is 39.2 Å². The maximum Gasteiger partial charge on any atom is 1.00 e. The second kappa shape index (κ2) is 13.7. The van der Waals surface area contributed by atoms with Crippen LogP contribution in [-0.4, -0.2) is 71.5 Å². The quantitative estimate of drug-likeness (QED) is 0.204. The molecule has 0 N–H and O–H groups in total. The summed E-state index contributed by atoms with van der Waals surface area (Å²) < 4.78 is 72.5. The van der Waals surface area contributed by atoms with Crippen LogP contribution in [0, 0.1) is 0 Å². The minimum atomic E-state index is -4.75. The van der Waals surface area contributed by atoms with Crippen molar-refractivity contribution in [2.45, 2.75) is 11.4 Å². The van der Waals surface area contributed by atoms with E-state index in [0.29, 0.717) is 23.4 Å². The summed E-state index contributed by atoms with van der Waals surface area (Å²) in [6.45, 7) is 0.363. The fourth-order valence-electron chi connectivity index (χ4n) is 4.71. The smallest absolute Gasteiger partial charge is 0.744 e. The first kappa shape index (κ1) is 34.5. The number of allylic oxidation sites excluding steroid dienone is 5. The number of nitrogens with zero attached hydrogens (tertiary/aromatic N) is 3. The summed E-state index contributed by atoms with van der Waals surface area (Å²) in [4.78, 5) is 3.32. The summed E-state index contributed by atoms with van der Waals surface area (Å²) in [5, 5.41) is 0. The fraction of sp³-hybridized carbons (Fsp3) is 0.194. The molecule has 3 aromatic carbocycles. The van der Waals surface area contributed by atoms with Gasteiger partial charge in [-0.2, -0.15) is 0 Å². The molecule has 1 aliphatic carbocycles. The molecule has 12 heteroatoms. The van der Waals surface area contributed by atoms with E-state index in [4.69, 9.17) is 0 Å². The Labute approximate surface area is 276 Å². The second-order valence-electron chi connectivity index (χ2n) is 10.4. The molecule has 220 valence electrons. The van der Waals surface area contributed by atoms with Crippen LogP contribution in [0.2, 0.25) is 0 Å². The molecule has 0 heterocycles. The Balaban J connectivity index is 0.00000506. The maximum atomic E-state index is 12.2. The molecule has 4 rings (SSSR count). The fourth-order valence-corrected chi connectivity index (χ4v) is 6.03. The first-order valence-corrected chi connectivity index (χ1v) is 15.8. The Bertz CT molecular complexity index is 1840. The van der Waals surface area contributed by atoms with Gasteiger partial charge in [-0.1, -0.05) is 36.4 Å². The minimum absolute atomic E-state index is 0. The first-order chi connectivity index (χ1) is 19.6. The van der Waals surface area contributed by atoms with Crippen molar-refractivity contribution >= 4 is 42.9 Å². The standard InChI is InChI=1S/C31H33N3O6S2.Na/c1-32(2)26-14-9-23(10-15-26)31(25-13-18-29(33(3)4)30(20-25)42(38,39)40)24-11-16-27(17-12-24)34(5)21-22-7-6-8-28(19-22)41(35,36)37;/h6-20H,21H2,1-5H3,(H-,35,36,37,38,39,40);/q;+1/p-1. The van der Waals surface area contributed by atoms with Crippen molar-refractivity contribution in [2.75, 3.05) is 45.0 Å². The molecule has 0 aliphatic heterocycles. The van der Waals surface area contributed by atoms with E-state index in [1.165, 1.54) is 24.3 Å². The van der Waals surface area contributed by atoms with Gasteiger partial charge in [-0.05, 0) is 76.4 Å². The van der Waals surface area contributed by atoms with Gasteiger partial charge >= 0.3 is 29.6 Å². The Hall–Kier alpha value is -3.03. The molecule has 0 aromatic heterocycles. The van der Waals surface area contributed by atoms with E-state index in [1.54, 1.807) is 36.9 Å². The van der Waals surface area contributed by atoms with Gasteiger partial charge in [-0.3, -0.25) is 0 Å². The predicted molar refractivity (Wildman–Crippen MR) is 164 cm³/mol. The van der Waals surface area contributed by atoms with Gasteiger partial charge in [0.15, 0.2) is 0 Å². The first-order valence-electron chi connectivity index (χ1n) is 12.9. The number of rotatable bonds is 8. The summed E-state index contributed by atoms with van der Waals surface area (Å²) in [6.07, 6.45) is 4.85. The molecular weight excluding hydrogens is 597 g/mol. The third-order valence-corrected chi connectivity index (χ3v) is 8.57. The average Bonchev–Trinajstić information content (AvgIpc) is 2.93. The van der Waals surface area contributed by atoms with E-state index in [-0.39, 0.29) is 39.4 Å². The molecule has 0 atom stereocenters. The molecule has 0 saturated carbocycles. The van der Waals surface area contributed by atoms with Crippen molar-refractivity contribution in [3.05, 3.63) is 118 Å². The largest absolute Gasteiger partial charge is 1.00 e. The zero-order chi connectivity index (χ0) is 30.8. The van der Waals surface area contributed by atoms with Crippen LogP contribution in [0.1, 0.15) is 16.7 Å². The van der Waals surface area contributed by atoms with Crippen LogP contribution < -0.4 is 39.4 Å². The Morgan fingerprint density at radius 1 is 0.767 bits per heavy atom. The van der Waals surface area contributed by atoms with Gasteiger partial charge in [0.2, 0.25) is 5.71 Å². The summed E-state index contributed by atoms with van der Waals surface area (Å²) >= 11 is 0. The summed E-state index contributed by atoms with van der Waals surface area (Å²) in [5.41, 5.74) is 5.76. The van der Waals surface area contributed by atoms with E-state index < -0.39 is 20.2 Å². The molecule has 0 unspecified atom stereocenters. The molecule has 1 aliphatic rings. The third kappa shape index (κ3) is 8.33. The predicted octanol–water partition coefficient (Wildman–Crippen LogP) is 0.811. The molecule has 0 amide bonds. The monoisotopic (exact) mass is 629 g/mol. The van der Waals surface area contributed by atoms with Crippen LogP contribution in [0.25, 0.3) is 5.57 Å². The topological polar surface area (TPSA) is 124 Å². The van der Waals surface area contributed by atoms with Crippen molar-refractivity contribution < 1.29 is 60.1 Å². The molecule has 0 radical (unpaired) electrons. The van der Waals surface area contributed by atoms with Crippen molar-refractivity contribution in [3.8, 4) is 0 Å². The molecular formula is C31H32N3NaO6S2. The summed E-state index contributed by atoms with van der Waals surface area (Å²) in [6, 6.07) is 21.4. The molecule has 9 nitrogen and oxygen atoms in total. The van der Waals surface area contributed by atoms with Crippen molar-refractivity contribution in [1.82, 2.24) is 0 Å². The molecule has 0 saturated heterocycles. The van der Waals surface area contributed by atoms with Crippen molar-refractivity contribution in [2.24, 2.45) is 0 Å². The normalized spacial score (nSPS) is 14.5. The van der Waals surface area contributed by atoms with Crippen LogP contribution in [-0.2, 0) is 26.8 Å². The van der Waals surface area contributed by atoms with Gasteiger partial charge in [0.25, 0.3) is 0 Å². The molecule has 0 spiro atoms. The molecule has 43 heavy (non-hydrogen) atoms. The van der Waals surface area contributed by atoms with Crippen LogP contribution in [0.15, 0.2) is 106 Å². The Morgan fingerprint density at radius 2 is 1.33 bits per heavy atom. The van der Waals surface area contributed by atoms with Crippen LogP contribution >= 0.6 is 0 Å². The number of hydrogen-bond acceptors (Lipinski definition) is 8. The number of anilines is 2. The Kier molecular flexibility index (Phi) is 11.0. The van der Waals surface area contributed by atoms with Gasteiger partial charge in [0.05, 0.1) is 4.90 Å². The van der Waals surface area contributed by atoms with E-state index >= 15 is 0 Å². The maximum absolute atomic E-state index is 12.2. The zero-order valence-corrected chi connectivity index (χ0v) is 28.6. The van der Waals surface area contributed by atoms with Crippen molar-refractivity contribution in [3.63, 3.8) is 0 Å². The van der Waals surface area contributed by atoms with Crippen LogP contribution in [0.4, 0.5) is 11.4 Å². The second-order valence-corrected chi connectivity index (χ2v) is 13.1. The molecule has 0 fully saturated rings. The van der Waals surface area contributed by atoms with Gasteiger partial charge in [0, 0.05) is 45.1 Å². The van der Waals surface area contributed by atoms with Gasteiger partial charge in [-0.25, -0.2) is 21.4 Å². The van der Waals surface area contributed by atoms with E-state index in [9.17, 15) is 25.9 Å². The average molecular weight is 630 g/mol. The zero-order valence-electron chi connectivity index (χ0n) is 25.0. The van der Waals surface area contributed by atoms with Crippen molar-refractivity contribution in [1.29, 1.82) is 0 Å². The summed E-state index contributed by atoms with van der Waals surface area (Å²) in [7, 11) is -0.216. The minimum Gasteiger partial charge on any atom is -0.744 e. The molecule has 3 aromatic rings.